The molecule has 0 aliphatic rings. The van der Waals surface area contributed by atoms with Crippen LogP contribution in [-0.4, -0.2) is 22.1 Å². The minimum Gasteiger partial charge on any atom is -0.508 e. The molecule has 0 saturated heterocycles. The van der Waals surface area contributed by atoms with E-state index in [0.717, 1.165) is 0 Å². The molecule has 0 spiro atoms. The van der Waals surface area contributed by atoms with Crippen LogP contribution in [0.15, 0.2) is 48.5 Å². The van der Waals surface area contributed by atoms with Crippen molar-refractivity contribution in [2.75, 3.05) is 5.32 Å². The Balaban J connectivity index is 2.31. The Morgan fingerprint density at radius 2 is 1.68 bits per heavy atom. The first kappa shape index (κ1) is 12.6. The van der Waals surface area contributed by atoms with Gasteiger partial charge in [0.1, 0.15) is 5.75 Å². The first-order chi connectivity index (χ1) is 9.08. The number of benzene rings is 2. The molecular weight excluding hydrogens is 246 g/mol. The Bertz CT molecular complexity index is 623. The molecule has 0 heterocycles. The third kappa shape index (κ3) is 2.90. The van der Waals surface area contributed by atoms with E-state index in [4.69, 9.17) is 5.11 Å². The number of rotatable bonds is 3. The number of carbonyl (C=O) groups excluding carboxylic acids is 1. The zero-order chi connectivity index (χ0) is 13.8. The van der Waals surface area contributed by atoms with Crippen LogP contribution in [-0.2, 0) is 0 Å². The summed E-state index contributed by atoms with van der Waals surface area (Å²) in [5.41, 5.74) is 0.380. The predicted octanol–water partition coefficient (Wildman–Crippen LogP) is 2.34. The minimum atomic E-state index is -1.18. The van der Waals surface area contributed by atoms with Crippen LogP contribution in [0.25, 0.3) is 0 Å². The molecule has 0 atom stereocenters. The van der Waals surface area contributed by atoms with E-state index in [0.29, 0.717) is 5.56 Å². The maximum Gasteiger partial charge on any atom is 0.337 e. The van der Waals surface area contributed by atoms with Crippen LogP contribution in [0, 0.1) is 0 Å². The molecule has 2 aromatic carbocycles. The molecule has 0 saturated carbocycles. The lowest BCUT2D eigenvalue weighted by Gasteiger charge is -2.08. The summed E-state index contributed by atoms with van der Waals surface area (Å²) in [6.07, 6.45) is 0. The minimum absolute atomic E-state index is 0.0568. The first-order valence-electron chi connectivity index (χ1n) is 5.50. The van der Waals surface area contributed by atoms with Crippen molar-refractivity contribution in [3.63, 3.8) is 0 Å². The fourth-order valence-electron chi connectivity index (χ4n) is 1.61. The van der Waals surface area contributed by atoms with E-state index in [1.54, 1.807) is 30.3 Å². The van der Waals surface area contributed by atoms with Crippen LogP contribution in [0.3, 0.4) is 0 Å². The number of phenols is 1. The number of aromatic carboxylic acids is 1. The largest absolute Gasteiger partial charge is 0.508 e. The highest BCUT2D eigenvalue weighted by Crippen LogP contribution is 2.22. The van der Waals surface area contributed by atoms with Crippen molar-refractivity contribution < 1.29 is 19.8 Å². The molecule has 0 aliphatic carbocycles. The van der Waals surface area contributed by atoms with Gasteiger partial charge in [0.05, 0.1) is 11.3 Å². The summed E-state index contributed by atoms with van der Waals surface area (Å²) in [6, 6.07) is 12.1. The van der Waals surface area contributed by atoms with Crippen molar-refractivity contribution in [3.8, 4) is 5.75 Å². The van der Waals surface area contributed by atoms with Gasteiger partial charge in [0.2, 0.25) is 0 Å². The van der Waals surface area contributed by atoms with Gasteiger partial charge in [0, 0.05) is 11.6 Å². The topological polar surface area (TPSA) is 86.6 Å². The fraction of sp³-hybridized carbons (Fsp3) is 0. The van der Waals surface area contributed by atoms with Crippen molar-refractivity contribution in [1.82, 2.24) is 0 Å². The molecule has 96 valence electrons. The van der Waals surface area contributed by atoms with Crippen molar-refractivity contribution in [2.45, 2.75) is 0 Å². The van der Waals surface area contributed by atoms with Gasteiger partial charge in [0.25, 0.3) is 5.91 Å². The number of nitrogens with one attached hydrogen (secondary N) is 1. The second kappa shape index (κ2) is 5.22. The van der Waals surface area contributed by atoms with Gasteiger partial charge in [-0.1, -0.05) is 18.2 Å². The monoisotopic (exact) mass is 257 g/mol. The van der Waals surface area contributed by atoms with Gasteiger partial charge < -0.3 is 15.5 Å². The number of carbonyl (C=O) groups is 2. The van der Waals surface area contributed by atoms with E-state index in [1.807, 2.05) is 0 Å². The smallest absolute Gasteiger partial charge is 0.337 e. The average molecular weight is 257 g/mol. The van der Waals surface area contributed by atoms with Gasteiger partial charge in [-0.15, -0.1) is 0 Å². The highest BCUT2D eigenvalue weighted by atomic mass is 16.4. The lowest BCUT2D eigenvalue weighted by atomic mass is 10.1. The molecule has 0 radical (unpaired) electrons. The molecule has 0 aromatic heterocycles. The second-order valence-electron chi connectivity index (χ2n) is 3.86. The highest BCUT2D eigenvalue weighted by molar-refractivity contribution is 6.07. The number of carboxylic acid groups (broad SMARTS) is 1. The van der Waals surface area contributed by atoms with Gasteiger partial charge >= 0.3 is 5.97 Å². The molecule has 19 heavy (non-hydrogen) atoms. The molecule has 0 aliphatic heterocycles. The summed E-state index contributed by atoms with van der Waals surface area (Å²) in [5.74, 6) is -1.73. The second-order valence-corrected chi connectivity index (χ2v) is 3.86. The van der Waals surface area contributed by atoms with Crippen LogP contribution < -0.4 is 5.32 Å². The molecular formula is C14H11NO4. The van der Waals surface area contributed by atoms with E-state index in [2.05, 4.69) is 5.32 Å². The van der Waals surface area contributed by atoms with Crippen molar-refractivity contribution in [1.29, 1.82) is 0 Å². The van der Waals surface area contributed by atoms with Crippen molar-refractivity contribution in [3.05, 3.63) is 59.7 Å². The molecule has 5 nitrogen and oxygen atoms in total. The van der Waals surface area contributed by atoms with E-state index < -0.39 is 11.9 Å². The van der Waals surface area contributed by atoms with Crippen LogP contribution in [0.2, 0.25) is 0 Å². The summed E-state index contributed by atoms with van der Waals surface area (Å²) in [6.45, 7) is 0. The number of aromatic hydroxyl groups is 1. The Hall–Kier alpha value is -2.82. The fourth-order valence-corrected chi connectivity index (χ4v) is 1.61. The molecule has 5 heteroatoms. The molecule has 3 N–H and O–H groups in total. The zero-order valence-electron chi connectivity index (χ0n) is 9.83. The molecule has 0 unspecified atom stereocenters. The highest BCUT2D eigenvalue weighted by Gasteiger charge is 2.14. The SMILES string of the molecule is O=C(Nc1cc(O)ccc1C(=O)O)c1ccccc1. The van der Waals surface area contributed by atoms with Crippen molar-refractivity contribution >= 4 is 17.6 Å². The molecule has 0 bridgehead atoms. The van der Waals surface area contributed by atoms with Crippen LogP contribution in [0.4, 0.5) is 5.69 Å². The molecule has 0 fully saturated rings. The summed E-state index contributed by atoms with van der Waals surface area (Å²) >= 11 is 0. The van der Waals surface area contributed by atoms with Gasteiger partial charge in [-0.3, -0.25) is 4.79 Å². The normalized spacial score (nSPS) is 9.89. The standard InChI is InChI=1S/C14H11NO4/c16-10-6-7-11(14(18)19)12(8-10)15-13(17)9-4-2-1-3-5-9/h1-8,16H,(H,15,17)(H,18,19). The Kier molecular flexibility index (Phi) is 3.47. The van der Waals surface area contributed by atoms with Gasteiger partial charge in [0.15, 0.2) is 0 Å². The maximum absolute atomic E-state index is 11.9. The number of phenolic OH excluding ortho intramolecular Hbond substituents is 1. The van der Waals surface area contributed by atoms with Gasteiger partial charge in [-0.25, -0.2) is 4.79 Å². The Labute approximate surface area is 109 Å². The average Bonchev–Trinajstić information content (AvgIpc) is 2.39. The third-order valence-electron chi connectivity index (χ3n) is 2.52. The van der Waals surface area contributed by atoms with Crippen LogP contribution in [0.1, 0.15) is 20.7 Å². The first-order valence-corrected chi connectivity index (χ1v) is 5.50. The third-order valence-corrected chi connectivity index (χ3v) is 2.52. The van der Waals surface area contributed by atoms with E-state index in [-0.39, 0.29) is 17.0 Å². The zero-order valence-corrected chi connectivity index (χ0v) is 9.83. The number of hydrogen-bond acceptors (Lipinski definition) is 3. The number of amides is 1. The molecule has 1 amide bonds. The quantitative estimate of drug-likeness (QED) is 0.787. The summed E-state index contributed by atoms with van der Waals surface area (Å²) in [4.78, 5) is 22.9. The van der Waals surface area contributed by atoms with E-state index in [1.165, 1.54) is 18.2 Å². The summed E-state index contributed by atoms with van der Waals surface area (Å²) < 4.78 is 0. The Morgan fingerprint density at radius 3 is 2.32 bits per heavy atom. The van der Waals surface area contributed by atoms with E-state index in [9.17, 15) is 14.7 Å². The van der Waals surface area contributed by atoms with Gasteiger partial charge in [-0.2, -0.15) is 0 Å². The summed E-state index contributed by atoms with van der Waals surface area (Å²) in [7, 11) is 0. The Morgan fingerprint density at radius 1 is 1.00 bits per heavy atom. The molecule has 2 aromatic rings. The number of anilines is 1. The molecule has 2 rings (SSSR count). The van der Waals surface area contributed by atoms with Crippen LogP contribution in [0.5, 0.6) is 5.75 Å². The summed E-state index contributed by atoms with van der Waals surface area (Å²) in [5, 5.41) is 20.8. The lowest BCUT2D eigenvalue weighted by molar-refractivity contribution is 0.0698. The predicted molar refractivity (Wildman–Crippen MR) is 69.5 cm³/mol. The van der Waals surface area contributed by atoms with E-state index >= 15 is 0 Å². The van der Waals surface area contributed by atoms with Gasteiger partial charge in [-0.05, 0) is 24.3 Å². The lowest BCUT2D eigenvalue weighted by Crippen LogP contribution is -2.14. The maximum atomic E-state index is 11.9. The number of hydrogen-bond donors (Lipinski definition) is 3. The van der Waals surface area contributed by atoms with Crippen molar-refractivity contribution in [2.24, 2.45) is 0 Å². The van der Waals surface area contributed by atoms with Crippen LogP contribution >= 0.6 is 0 Å². The number of carboxylic acids is 1.